The normalized spacial score (nSPS) is 18.4. The highest BCUT2D eigenvalue weighted by atomic mass is 79.9. The van der Waals surface area contributed by atoms with Gasteiger partial charge in [-0.3, -0.25) is 14.9 Å². The summed E-state index contributed by atoms with van der Waals surface area (Å²) in [5.41, 5.74) is -0.312. The molecule has 20 heavy (non-hydrogen) atoms. The van der Waals surface area contributed by atoms with Gasteiger partial charge in [-0.25, -0.2) is 0 Å². The van der Waals surface area contributed by atoms with Crippen LogP contribution in [0.1, 0.15) is 10.4 Å². The lowest BCUT2D eigenvalue weighted by Gasteiger charge is -2.31. The number of morpholine rings is 1. The quantitative estimate of drug-likeness (QED) is 0.603. The number of nitriles is 1. The van der Waals surface area contributed by atoms with Crippen molar-refractivity contribution in [2.24, 2.45) is 0 Å². The molecule has 104 valence electrons. The maximum absolute atomic E-state index is 12.4. The number of carbonyl (C=O) groups excluding carboxylic acids is 1. The summed E-state index contributed by atoms with van der Waals surface area (Å²) < 4.78 is 5.64. The Morgan fingerprint density at radius 3 is 3.00 bits per heavy atom. The Bertz CT molecular complexity index is 599. The average molecular weight is 340 g/mol. The molecule has 2 rings (SSSR count). The Morgan fingerprint density at radius 1 is 1.60 bits per heavy atom. The molecular formula is C12H10BrN3O4. The number of hydrogen-bond acceptors (Lipinski definition) is 5. The summed E-state index contributed by atoms with van der Waals surface area (Å²) in [4.78, 5) is 24.1. The van der Waals surface area contributed by atoms with Crippen LogP contribution in [0.4, 0.5) is 5.69 Å². The van der Waals surface area contributed by atoms with Crippen molar-refractivity contribution in [3.8, 4) is 6.07 Å². The largest absolute Gasteiger partial charge is 0.376 e. The van der Waals surface area contributed by atoms with E-state index < -0.39 is 16.9 Å². The van der Waals surface area contributed by atoms with Crippen molar-refractivity contribution in [3.63, 3.8) is 0 Å². The van der Waals surface area contributed by atoms with Gasteiger partial charge >= 0.3 is 0 Å². The fraction of sp³-hybridized carbons (Fsp3) is 0.333. The molecule has 1 aromatic carbocycles. The van der Waals surface area contributed by atoms with E-state index in [0.717, 1.165) is 0 Å². The first-order chi connectivity index (χ1) is 9.54. The molecule has 8 heteroatoms. The number of carbonyl (C=O) groups is 1. The van der Waals surface area contributed by atoms with Crippen LogP contribution in [-0.4, -0.2) is 41.5 Å². The molecule has 1 aliphatic heterocycles. The van der Waals surface area contributed by atoms with Gasteiger partial charge in [0, 0.05) is 17.1 Å². The Kier molecular flexibility index (Phi) is 4.32. The smallest absolute Gasteiger partial charge is 0.283 e. The van der Waals surface area contributed by atoms with Gasteiger partial charge in [0.25, 0.3) is 11.6 Å². The lowest BCUT2D eigenvalue weighted by molar-refractivity contribution is -0.385. The lowest BCUT2D eigenvalue weighted by Crippen LogP contribution is -2.48. The molecule has 0 unspecified atom stereocenters. The van der Waals surface area contributed by atoms with Crippen LogP contribution in [-0.2, 0) is 4.74 Å². The van der Waals surface area contributed by atoms with Gasteiger partial charge in [0.05, 0.1) is 24.2 Å². The zero-order valence-electron chi connectivity index (χ0n) is 10.3. The van der Waals surface area contributed by atoms with E-state index in [1.54, 1.807) is 6.07 Å². The Morgan fingerprint density at radius 2 is 2.35 bits per heavy atom. The van der Waals surface area contributed by atoms with E-state index in [1.807, 2.05) is 6.07 Å². The van der Waals surface area contributed by atoms with Crippen molar-refractivity contribution in [1.82, 2.24) is 4.90 Å². The Labute approximate surface area is 123 Å². The summed E-state index contributed by atoms with van der Waals surface area (Å²) in [7, 11) is 0. The molecule has 0 radical (unpaired) electrons. The molecule has 1 heterocycles. The molecule has 0 bridgehead atoms. The number of ether oxygens (including phenoxy) is 1. The summed E-state index contributed by atoms with van der Waals surface area (Å²) >= 11 is 3.13. The third-order valence-electron chi connectivity index (χ3n) is 2.93. The summed E-state index contributed by atoms with van der Waals surface area (Å²) in [6.07, 6.45) is 0. The molecule has 0 aromatic heterocycles. The van der Waals surface area contributed by atoms with E-state index in [1.165, 1.54) is 17.0 Å². The van der Waals surface area contributed by atoms with Crippen molar-refractivity contribution in [2.45, 2.75) is 6.04 Å². The highest BCUT2D eigenvalue weighted by Crippen LogP contribution is 2.25. The van der Waals surface area contributed by atoms with Crippen LogP contribution in [0.15, 0.2) is 22.7 Å². The van der Waals surface area contributed by atoms with Gasteiger partial charge < -0.3 is 9.64 Å². The van der Waals surface area contributed by atoms with Gasteiger partial charge in [0.1, 0.15) is 11.6 Å². The molecule has 1 fully saturated rings. The molecule has 1 amide bonds. The van der Waals surface area contributed by atoms with Crippen molar-refractivity contribution >= 4 is 27.5 Å². The molecule has 0 spiro atoms. The standard InChI is InChI=1S/C12H10BrN3O4/c13-8-1-2-10(11(5-8)16(18)19)12(17)15-3-4-20-7-9(15)6-14/h1-2,5,9H,3-4,7H2/t9-/m1/s1. The third kappa shape index (κ3) is 2.79. The first kappa shape index (κ1) is 14.4. The first-order valence-electron chi connectivity index (χ1n) is 5.77. The van der Waals surface area contributed by atoms with Gasteiger partial charge in [-0.2, -0.15) is 5.26 Å². The van der Waals surface area contributed by atoms with Crippen molar-refractivity contribution in [3.05, 3.63) is 38.3 Å². The minimum Gasteiger partial charge on any atom is -0.376 e. The van der Waals surface area contributed by atoms with Crippen LogP contribution < -0.4 is 0 Å². The second kappa shape index (κ2) is 5.98. The second-order valence-electron chi connectivity index (χ2n) is 4.14. The highest BCUT2D eigenvalue weighted by molar-refractivity contribution is 9.10. The van der Waals surface area contributed by atoms with E-state index in [4.69, 9.17) is 10.00 Å². The number of nitro benzene ring substituents is 1. The summed E-state index contributed by atoms with van der Waals surface area (Å²) in [5.74, 6) is -0.529. The van der Waals surface area contributed by atoms with Gasteiger partial charge in [-0.1, -0.05) is 15.9 Å². The first-order valence-corrected chi connectivity index (χ1v) is 6.56. The molecule has 0 saturated carbocycles. The highest BCUT2D eigenvalue weighted by Gasteiger charge is 2.31. The Balaban J connectivity index is 2.38. The molecule has 1 saturated heterocycles. The van der Waals surface area contributed by atoms with E-state index in [0.29, 0.717) is 11.1 Å². The molecule has 0 N–H and O–H groups in total. The van der Waals surface area contributed by atoms with Gasteiger partial charge in [0.15, 0.2) is 0 Å². The van der Waals surface area contributed by atoms with Crippen LogP contribution in [0.3, 0.4) is 0 Å². The molecule has 7 nitrogen and oxygen atoms in total. The number of rotatable bonds is 2. The number of benzene rings is 1. The van der Waals surface area contributed by atoms with Crippen LogP contribution in [0.5, 0.6) is 0 Å². The van der Waals surface area contributed by atoms with Crippen LogP contribution in [0, 0.1) is 21.4 Å². The van der Waals surface area contributed by atoms with Crippen LogP contribution >= 0.6 is 15.9 Å². The van der Waals surface area contributed by atoms with Crippen molar-refractivity contribution < 1.29 is 14.5 Å². The average Bonchev–Trinajstić information content (AvgIpc) is 2.46. The number of nitrogens with zero attached hydrogens (tertiary/aromatic N) is 3. The van der Waals surface area contributed by atoms with Crippen LogP contribution in [0.2, 0.25) is 0 Å². The molecule has 1 atom stereocenters. The monoisotopic (exact) mass is 339 g/mol. The maximum Gasteiger partial charge on any atom is 0.283 e. The van der Waals surface area contributed by atoms with Gasteiger partial charge in [0.2, 0.25) is 0 Å². The lowest BCUT2D eigenvalue weighted by atomic mass is 10.1. The van der Waals surface area contributed by atoms with Crippen molar-refractivity contribution in [2.75, 3.05) is 19.8 Å². The molecule has 1 aromatic rings. The summed E-state index contributed by atoms with van der Waals surface area (Å²) in [6.45, 7) is 0.672. The number of hydrogen-bond donors (Lipinski definition) is 0. The third-order valence-corrected chi connectivity index (χ3v) is 3.42. The predicted octanol–water partition coefficient (Wildman–Crippen LogP) is 1.72. The fourth-order valence-corrected chi connectivity index (χ4v) is 2.29. The SMILES string of the molecule is N#C[C@@H]1COCCN1C(=O)c1ccc(Br)cc1[N+](=O)[O-]. The van der Waals surface area contributed by atoms with E-state index in [2.05, 4.69) is 15.9 Å². The Hall–Kier alpha value is -1.98. The number of halogens is 1. The van der Waals surface area contributed by atoms with Crippen molar-refractivity contribution in [1.29, 1.82) is 5.26 Å². The molecule has 0 aliphatic carbocycles. The minimum absolute atomic E-state index is 0.0275. The second-order valence-corrected chi connectivity index (χ2v) is 5.05. The zero-order chi connectivity index (χ0) is 14.7. The summed E-state index contributed by atoms with van der Waals surface area (Å²) in [6, 6.07) is 5.46. The van der Waals surface area contributed by atoms with E-state index >= 15 is 0 Å². The topological polar surface area (TPSA) is 96.5 Å². The molecule has 1 aliphatic rings. The molecular weight excluding hydrogens is 330 g/mol. The maximum atomic E-state index is 12.4. The van der Waals surface area contributed by atoms with Crippen LogP contribution in [0.25, 0.3) is 0 Å². The van der Waals surface area contributed by atoms with E-state index in [-0.39, 0.29) is 24.4 Å². The van der Waals surface area contributed by atoms with E-state index in [9.17, 15) is 14.9 Å². The number of nitro groups is 1. The fourth-order valence-electron chi connectivity index (χ4n) is 1.95. The summed E-state index contributed by atoms with van der Waals surface area (Å²) in [5, 5.41) is 20.1. The minimum atomic E-state index is -0.723. The number of amides is 1. The van der Waals surface area contributed by atoms with Gasteiger partial charge in [-0.05, 0) is 12.1 Å². The van der Waals surface area contributed by atoms with Gasteiger partial charge in [-0.15, -0.1) is 0 Å². The predicted molar refractivity (Wildman–Crippen MR) is 72.1 cm³/mol. The zero-order valence-corrected chi connectivity index (χ0v) is 11.9.